The molecule has 2 aliphatic heterocycles. The van der Waals surface area contributed by atoms with Gasteiger partial charge in [0, 0.05) is 12.6 Å². The Bertz CT molecular complexity index is 1080. The Balaban J connectivity index is 1.89. The maximum Gasteiger partial charge on any atom is 0.295 e. The van der Waals surface area contributed by atoms with Crippen LogP contribution in [0.25, 0.3) is 5.76 Å². The molecule has 1 N–H and O–H groups in total. The molecule has 1 fully saturated rings. The van der Waals surface area contributed by atoms with Crippen molar-refractivity contribution in [2.45, 2.75) is 6.04 Å². The summed E-state index contributed by atoms with van der Waals surface area (Å²) in [6.45, 7) is 0.0737. The van der Waals surface area contributed by atoms with Gasteiger partial charge in [-0.1, -0.05) is 0 Å². The minimum atomic E-state index is -0.862. The van der Waals surface area contributed by atoms with Crippen molar-refractivity contribution >= 4 is 17.4 Å². The van der Waals surface area contributed by atoms with Gasteiger partial charge in [-0.15, -0.1) is 0 Å². The lowest BCUT2D eigenvalue weighted by Crippen LogP contribution is -2.25. The van der Waals surface area contributed by atoms with Crippen molar-refractivity contribution in [3.05, 3.63) is 47.0 Å². The van der Waals surface area contributed by atoms with E-state index in [1.165, 1.54) is 33.3 Å². The molecule has 0 aromatic heterocycles. The quantitative estimate of drug-likeness (QED) is 0.441. The fourth-order valence-electron chi connectivity index (χ4n) is 3.80. The first-order chi connectivity index (χ1) is 14.9. The summed E-state index contributed by atoms with van der Waals surface area (Å²) in [5, 5.41) is 11.0. The zero-order valence-corrected chi connectivity index (χ0v) is 17.4. The second kappa shape index (κ2) is 7.75. The molecule has 9 nitrogen and oxygen atoms in total. The van der Waals surface area contributed by atoms with E-state index in [0.717, 1.165) is 0 Å². The lowest BCUT2D eigenvalue weighted by molar-refractivity contribution is -0.139. The minimum absolute atomic E-state index is 0.0550. The van der Waals surface area contributed by atoms with Crippen LogP contribution in [0.1, 0.15) is 17.2 Å². The van der Waals surface area contributed by atoms with Gasteiger partial charge in [0.2, 0.25) is 12.5 Å². The molecule has 31 heavy (non-hydrogen) atoms. The molecule has 2 aromatic carbocycles. The Hall–Kier alpha value is -3.88. The highest BCUT2D eigenvalue weighted by atomic mass is 16.7. The lowest BCUT2D eigenvalue weighted by Gasteiger charge is -2.23. The molecule has 2 aliphatic rings. The Morgan fingerprint density at radius 1 is 1.00 bits per heavy atom. The van der Waals surface area contributed by atoms with E-state index in [0.29, 0.717) is 39.9 Å². The number of nitrogens with zero attached hydrogens (tertiary/aromatic N) is 1. The largest absolute Gasteiger partial charge is 0.507 e. The second-order valence-corrected chi connectivity index (χ2v) is 6.94. The van der Waals surface area contributed by atoms with Crippen LogP contribution in [0.5, 0.6) is 28.7 Å². The third kappa shape index (κ3) is 3.18. The standard InChI is InChI=1S/C22H21NO8/c1-23-18(12-8-15(27-2)21(29-4)16(9-12)28-3)17(20(25)22(23)26)19(24)11-5-6-13-14(7-11)31-10-30-13/h5-9,18,24H,10H2,1-4H3/b19-17+. The fraction of sp³-hybridized carbons (Fsp3) is 0.273. The van der Waals surface area contributed by atoms with E-state index >= 15 is 0 Å². The topological polar surface area (TPSA) is 104 Å². The average Bonchev–Trinajstić information content (AvgIpc) is 3.35. The Labute approximate surface area is 178 Å². The van der Waals surface area contributed by atoms with E-state index in [4.69, 9.17) is 23.7 Å². The summed E-state index contributed by atoms with van der Waals surface area (Å²) in [5.74, 6) is 0.223. The number of ketones is 1. The first-order valence-corrected chi connectivity index (χ1v) is 9.35. The van der Waals surface area contributed by atoms with Gasteiger partial charge in [-0.05, 0) is 35.9 Å². The van der Waals surface area contributed by atoms with E-state index in [1.807, 2.05) is 0 Å². The minimum Gasteiger partial charge on any atom is -0.507 e. The molecule has 0 bridgehead atoms. The van der Waals surface area contributed by atoms with Crippen LogP contribution in [0, 0.1) is 0 Å². The molecule has 1 atom stereocenters. The molecule has 0 spiro atoms. The number of likely N-dealkylation sites (tertiary alicyclic amines) is 1. The van der Waals surface area contributed by atoms with Crippen LogP contribution < -0.4 is 23.7 Å². The summed E-state index contributed by atoms with van der Waals surface area (Å²) >= 11 is 0. The molecule has 2 heterocycles. The molecule has 4 rings (SSSR count). The normalized spacial score (nSPS) is 19.0. The van der Waals surface area contributed by atoms with E-state index < -0.39 is 17.7 Å². The first-order valence-electron chi connectivity index (χ1n) is 9.35. The van der Waals surface area contributed by atoms with Gasteiger partial charge < -0.3 is 33.7 Å². The number of carbonyl (C=O) groups excluding carboxylic acids is 2. The zero-order valence-electron chi connectivity index (χ0n) is 17.4. The summed E-state index contributed by atoms with van der Waals surface area (Å²) in [5.41, 5.74) is 0.785. The highest BCUT2D eigenvalue weighted by Gasteiger charge is 2.45. The summed E-state index contributed by atoms with van der Waals surface area (Å²) < 4.78 is 26.8. The number of hydrogen-bond donors (Lipinski definition) is 1. The molecule has 2 aromatic rings. The van der Waals surface area contributed by atoms with Gasteiger partial charge >= 0.3 is 0 Å². The third-order valence-corrected chi connectivity index (χ3v) is 5.32. The number of aliphatic hydroxyl groups excluding tert-OH is 1. The number of methoxy groups -OCH3 is 3. The molecule has 1 amide bonds. The number of Topliss-reactive ketones (excluding diaryl/α,β-unsaturated/α-hetero) is 1. The Morgan fingerprint density at radius 3 is 2.26 bits per heavy atom. The number of amides is 1. The summed E-state index contributed by atoms with van der Waals surface area (Å²) in [6, 6.07) is 7.21. The Kier molecular flexibility index (Phi) is 5.10. The van der Waals surface area contributed by atoms with Gasteiger partial charge in [0.1, 0.15) is 5.76 Å². The van der Waals surface area contributed by atoms with Crippen LogP contribution in [-0.2, 0) is 9.59 Å². The van der Waals surface area contributed by atoms with Gasteiger partial charge in [0.15, 0.2) is 23.0 Å². The molecule has 9 heteroatoms. The van der Waals surface area contributed by atoms with Crippen LogP contribution in [0.3, 0.4) is 0 Å². The molecule has 0 radical (unpaired) electrons. The van der Waals surface area contributed by atoms with Gasteiger partial charge in [-0.2, -0.15) is 0 Å². The number of carbonyl (C=O) groups is 2. The van der Waals surface area contributed by atoms with Crippen LogP contribution in [0.2, 0.25) is 0 Å². The van der Waals surface area contributed by atoms with Gasteiger partial charge in [0.25, 0.3) is 11.7 Å². The van der Waals surface area contributed by atoms with Crippen LogP contribution in [-0.4, -0.2) is 56.9 Å². The molecular weight excluding hydrogens is 406 g/mol. The molecular formula is C22H21NO8. The number of aliphatic hydroxyl groups is 1. The number of ether oxygens (including phenoxy) is 5. The van der Waals surface area contributed by atoms with Crippen molar-refractivity contribution in [3.63, 3.8) is 0 Å². The van der Waals surface area contributed by atoms with Crippen molar-refractivity contribution in [1.82, 2.24) is 4.90 Å². The van der Waals surface area contributed by atoms with Crippen molar-refractivity contribution in [1.29, 1.82) is 0 Å². The maximum absolute atomic E-state index is 12.8. The smallest absolute Gasteiger partial charge is 0.295 e. The number of fused-ring (bicyclic) bond motifs is 1. The summed E-state index contributed by atoms with van der Waals surface area (Å²) in [4.78, 5) is 26.6. The molecule has 1 unspecified atom stereocenters. The SMILES string of the molecule is COc1cc(C2/C(=C(\O)c3ccc4c(c3)OCO4)C(=O)C(=O)N2C)cc(OC)c1OC. The number of benzene rings is 2. The maximum atomic E-state index is 12.8. The lowest BCUT2D eigenvalue weighted by atomic mass is 9.94. The third-order valence-electron chi connectivity index (χ3n) is 5.32. The Morgan fingerprint density at radius 2 is 1.65 bits per heavy atom. The zero-order chi connectivity index (χ0) is 22.3. The van der Waals surface area contributed by atoms with E-state index in [2.05, 4.69) is 0 Å². The average molecular weight is 427 g/mol. The van der Waals surface area contributed by atoms with Crippen molar-refractivity contribution in [3.8, 4) is 28.7 Å². The monoisotopic (exact) mass is 427 g/mol. The van der Waals surface area contributed by atoms with E-state index in [1.54, 1.807) is 30.3 Å². The molecule has 1 saturated heterocycles. The predicted molar refractivity (Wildman–Crippen MR) is 109 cm³/mol. The van der Waals surface area contributed by atoms with Crippen LogP contribution in [0.15, 0.2) is 35.9 Å². The second-order valence-electron chi connectivity index (χ2n) is 6.94. The van der Waals surface area contributed by atoms with Gasteiger partial charge in [0.05, 0.1) is 32.9 Å². The van der Waals surface area contributed by atoms with Crippen LogP contribution >= 0.6 is 0 Å². The molecule has 162 valence electrons. The predicted octanol–water partition coefficient (Wildman–Crippen LogP) is 2.49. The number of rotatable bonds is 5. The summed E-state index contributed by atoms with van der Waals surface area (Å²) in [6.07, 6.45) is 0. The van der Waals surface area contributed by atoms with E-state index in [9.17, 15) is 14.7 Å². The summed E-state index contributed by atoms with van der Waals surface area (Å²) in [7, 11) is 5.91. The molecule has 0 saturated carbocycles. The number of hydrogen-bond acceptors (Lipinski definition) is 8. The molecule has 0 aliphatic carbocycles. The number of likely N-dealkylation sites (N-methyl/N-ethyl adjacent to an activating group) is 1. The highest BCUT2D eigenvalue weighted by Crippen LogP contribution is 2.45. The van der Waals surface area contributed by atoms with Crippen molar-refractivity contribution in [2.24, 2.45) is 0 Å². The van der Waals surface area contributed by atoms with E-state index in [-0.39, 0.29) is 18.1 Å². The van der Waals surface area contributed by atoms with Gasteiger partial charge in [-0.3, -0.25) is 9.59 Å². The van der Waals surface area contributed by atoms with Crippen molar-refractivity contribution in [2.75, 3.05) is 35.2 Å². The fourth-order valence-corrected chi connectivity index (χ4v) is 3.80. The van der Waals surface area contributed by atoms with Gasteiger partial charge in [-0.25, -0.2) is 0 Å². The van der Waals surface area contributed by atoms with Crippen LogP contribution in [0.4, 0.5) is 0 Å². The van der Waals surface area contributed by atoms with Crippen molar-refractivity contribution < 1.29 is 38.4 Å². The highest BCUT2D eigenvalue weighted by molar-refractivity contribution is 6.46. The first kappa shape index (κ1) is 20.4.